The lowest BCUT2D eigenvalue weighted by molar-refractivity contribution is -0.120. The number of nitrogens with zero attached hydrogens (tertiary/aromatic N) is 8. The van der Waals surface area contributed by atoms with Gasteiger partial charge in [-0.1, -0.05) is 17.7 Å². The molecule has 0 bridgehead atoms. The summed E-state index contributed by atoms with van der Waals surface area (Å²) in [7, 11) is 0. The average molecular weight is 566 g/mol. The van der Waals surface area contributed by atoms with Crippen LogP contribution in [0.2, 0.25) is 5.02 Å². The van der Waals surface area contributed by atoms with Gasteiger partial charge in [-0.25, -0.2) is 14.6 Å². The van der Waals surface area contributed by atoms with Gasteiger partial charge in [0.1, 0.15) is 35.8 Å². The van der Waals surface area contributed by atoms with Crippen molar-refractivity contribution in [2.75, 3.05) is 18.5 Å². The summed E-state index contributed by atoms with van der Waals surface area (Å²) >= 11 is 6.40. The molecule has 14 heteroatoms. The van der Waals surface area contributed by atoms with E-state index in [4.69, 9.17) is 25.8 Å². The number of benzene rings is 1. The summed E-state index contributed by atoms with van der Waals surface area (Å²) in [5.74, 6) is 1.71. The van der Waals surface area contributed by atoms with Crippen LogP contribution in [0.25, 0.3) is 11.1 Å². The molecule has 2 aliphatic rings. The Kier molecular flexibility index (Phi) is 7.55. The molecule has 3 aromatic heterocycles. The highest BCUT2D eigenvalue weighted by molar-refractivity contribution is 6.32. The number of hydrogen-bond donors (Lipinski definition) is 1. The lowest BCUT2D eigenvalue weighted by atomic mass is 9.95. The predicted octanol–water partition coefficient (Wildman–Crippen LogP) is 3.65. The highest BCUT2D eigenvalue weighted by Gasteiger charge is 2.27. The van der Waals surface area contributed by atoms with Crippen LogP contribution in [-0.2, 0) is 16.1 Å². The van der Waals surface area contributed by atoms with Gasteiger partial charge in [-0.05, 0) is 47.9 Å². The Labute approximate surface area is 234 Å². The summed E-state index contributed by atoms with van der Waals surface area (Å²) in [6, 6.07) is 5.67. The molecule has 4 aromatic rings. The second-order valence-corrected chi connectivity index (χ2v) is 10.3. The summed E-state index contributed by atoms with van der Waals surface area (Å²) in [5.41, 5.74) is 2.32. The van der Waals surface area contributed by atoms with Gasteiger partial charge in [-0.15, -0.1) is 10.2 Å². The molecule has 4 heterocycles. The van der Waals surface area contributed by atoms with Crippen molar-refractivity contribution in [2.45, 2.75) is 57.4 Å². The Morgan fingerprint density at radius 3 is 2.67 bits per heavy atom. The summed E-state index contributed by atoms with van der Waals surface area (Å²) < 4.78 is 20.8. The number of carbonyl (C=O) groups is 1. The number of ketones is 1. The monoisotopic (exact) mass is 565 g/mol. The van der Waals surface area contributed by atoms with Crippen LogP contribution in [0, 0.1) is 0 Å². The molecular weight excluding hydrogens is 538 g/mol. The maximum atomic E-state index is 11.7. The minimum Gasteiger partial charge on any atom is -0.487 e. The molecule has 1 saturated heterocycles. The first-order chi connectivity index (χ1) is 19.5. The van der Waals surface area contributed by atoms with Gasteiger partial charge in [-0.3, -0.25) is 9.48 Å². The van der Waals surface area contributed by atoms with Gasteiger partial charge in [0.05, 0.1) is 37.0 Å². The van der Waals surface area contributed by atoms with Gasteiger partial charge in [0.25, 0.3) is 5.88 Å². The molecule has 2 fully saturated rings. The fourth-order valence-corrected chi connectivity index (χ4v) is 4.74. The normalized spacial score (nSPS) is 16.9. The fraction of sp³-hybridized carbons (Fsp3) is 0.423. The third kappa shape index (κ3) is 6.05. The second kappa shape index (κ2) is 11.6. The number of nitrogens with one attached hydrogen (secondary N) is 1. The molecule has 1 aliphatic heterocycles. The van der Waals surface area contributed by atoms with Crippen LogP contribution >= 0.6 is 11.6 Å². The van der Waals surface area contributed by atoms with Crippen LogP contribution < -0.4 is 14.8 Å². The smallest absolute Gasteiger partial charge is 0.257 e. The Balaban J connectivity index is 1.16. The third-order valence-corrected chi connectivity index (χ3v) is 7.11. The van der Waals surface area contributed by atoms with Crippen molar-refractivity contribution >= 4 is 29.0 Å². The minimum absolute atomic E-state index is 0.0444. The molecular formula is C26H28ClN9O4. The van der Waals surface area contributed by atoms with Crippen LogP contribution in [0.3, 0.4) is 0 Å². The lowest BCUT2D eigenvalue weighted by Gasteiger charge is -2.26. The highest BCUT2D eigenvalue weighted by Crippen LogP contribution is 2.34. The van der Waals surface area contributed by atoms with E-state index in [1.54, 1.807) is 23.1 Å². The molecule has 1 saturated carbocycles. The molecule has 1 aliphatic carbocycles. The van der Waals surface area contributed by atoms with Crippen molar-refractivity contribution in [3.8, 4) is 22.8 Å². The second-order valence-electron chi connectivity index (χ2n) is 9.90. The Morgan fingerprint density at radius 1 is 1.18 bits per heavy atom. The molecule has 6 rings (SSSR count). The molecule has 0 amide bonds. The molecule has 0 unspecified atom stereocenters. The number of carbonyl (C=O) groups excluding carboxylic acids is 1. The van der Waals surface area contributed by atoms with E-state index in [-0.39, 0.29) is 18.2 Å². The largest absolute Gasteiger partial charge is 0.487 e. The number of halogens is 1. The van der Waals surface area contributed by atoms with Crippen molar-refractivity contribution < 1.29 is 19.0 Å². The summed E-state index contributed by atoms with van der Waals surface area (Å²) in [6.45, 7) is 3.45. The Morgan fingerprint density at radius 2 is 1.98 bits per heavy atom. The third-order valence-electron chi connectivity index (χ3n) is 6.80. The standard InChI is InChI=1S/C26H28ClN9O4/c1-16(11-35-15-30-33-34-35)39-24-8-17(2-7-22(24)27)18-9-28-26(29-10-18)31-23-12-36(19-3-5-20(37)6-4-19)32-25(23)40-21-13-38-14-21/h2,7-10,12,15-16,19,21H,3-6,11,13-14H2,1H3,(H,28,29,31)/t16-/m0/s1. The first kappa shape index (κ1) is 26.1. The zero-order valence-electron chi connectivity index (χ0n) is 21.8. The number of tetrazole rings is 1. The topological polar surface area (TPSA) is 144 Å². The molecule has 13 nitrogen and oxygen atoms in total. The van der Waals surface area contributed by atoms with Crippen LogP contribution in [0.5, 0.6) is 11.6 Å². The molecule has 208 valence electrons. The van der Waals surface area contributed by atoms with Gasteiger partial charge >= 0.3 is 0 Å². The number of Topliss-reactive ketones (excluding diaryl/α,β-unsaturated/α-hetero) is 1. The molecule has 1 aromatic carbocycles. The van der Waals surface area contributed by atoms with Gasteiger partial charge < -0.3 is 19.5 Å². The zero-order chi connectivity index (χ0) is 27.5. The number of ether oxygens (including phenoxy) is 3. The van der Waals surface area contributed by atoms with Crippen molar-refractivity contribution in [1.29, 1.82) is 0 Å². The van der Waals surface area contributed by atoms with E-state index in [1.165, 1.54) is 6.33 Å². The average Bonchev–Trinajstić information content (AvgIpc) is 3.58. The van der Waals surface area contributed by atoms with Crippen molar-refractivity contribution in [2.24, 2.45) is 0 Å². The van der Waals surface area contributed by atoms with E-state index in [0.29, 0.717) is 66.7 Å². The molecule has 1 atom stereocenters. The van der Waals surface area contributed by atoms with E-state index >= 15 is 0 Å². The number of aromatic nitrogens is 8. The Hall–Kier alpha value is -4.10. The summed E-state index contributed by atoms with van der Waals surface area (Å²) in [5, 5.41) is 19.6. The fourth-order valence-electron chi connectivity index (χ4n) is 4.58. The van der Waals surface area contributed by atoms with Crippen molar-refractivity contribution in [3.63, 3.8) is 0 Å². The van der Waals surface area contributed by atoms with Crippen LogP contribution in [0.1, 0.15) is 38.6 Å². The van der Waals surface area contributed by atoms with E-state index in [9.17, 15) is 4.79 Å². The van der Waals surface area contributed by atoms with E-state index < -0.39 is 0 Å². The molecule has 0 radical (unpaired) electrons. The summed E-state index contributed by atoms with van der Waals surface area (Å²) in [6.07, 6.45) is 9.29. The molecule has 1 N–H and O–H groups in total. The first-order valence-electron chi connectivity index (χ1n) is 13.1. The minimum atomic E-state index is -0.211. The maximum Gasteiger partial charge on any atom is 0.257 e. The van der Waals surface area contributed by atoms with Crippen molar-refractivity contribution in [1.82, 2.24) is 40.0 Å². The molecule has 0 spiro atoms. The highest BCUT2D eigenvalue weighted by atomic mass is 35.5. The van der Waals surface area contributed by atoms with Crippen LogP contribution in [-0.4, -0.2) is 71.2 Å². The van der Waals surface area contributed by atoms with Gasteiger partial charge in [0.15, 0.2) is 0 Å². The maximum absolute atomic E-state index is 11.7. The summed E-state index contributed by atoms with van der Waals surface area (Å²) in [4.78, 5) is 20.7. The number of hydrogen-bond acceptors (Lipinski definition) is 11. The van der Waals surface area contributed by atoms with Gasteiger partial charge in [0, 0.05) is 30.8 Å². The first-order valence-corrected chi connectivity index (χ1v) is 13.5. The quantitative estimate of drug-likeness (QED) is 0.301. The lowest BCUT2D eigenvalue weighted by Crippen LogP contribution is -2.38. The number of anilines is 2. The predicted molar refractivity (Wildman–Crippen MR) is 144 cm³/mol. The number of rotatable bonds is 10. The van der Waals surface area contributed by atoms with Gasteiger partial charge in [0.2, 0.25) is 5.95 Å². The van der Waals surface area contributed by atoms with Gasteiger partial charge in [-0.2, -0.15) is 0 Å². The zero-order valence-corrected chi connectivity index (χ0v) is 22.6. The van der Waals surface area contributed by atoms with Crippen LogP contribution in [0.15, 0.2) is 43.1 Å². The Bertz CT molecular complexity index is 1450. The van der Waals surface area contributed by atoms with Crippen molar-refractivity contribution in [3.05, 3.63) is 48.1 Å². The van der Waals surface area contributed by atoms with E-state index in [2.05, 4.69) is 35.9 Å². The molecule has 40 heavy (non-hydrogen) atoms. The van der Waals surface area contributed by atoms with E-state index in [1.807, 2.05) is 29.9 Å². The van der Waals surface area contributed by atoms with Crippen LogP contribution in [0.4, 0.5) is 11.6 Å². The van der Waals surface area contributed by atoms with E-state index in [0.717, 1.165) is 24.0 Å². The SMILES string of the molecule is C[C@@H](Cn1cnnn1)Oc1cc(-c2cnc(Nc3cn(C4CCC(=O)CC4)nc3OC3COC3)nc2)ccc1Cl.